The number of thioether (sulfide) groups is 1. The van der Waals surface area contributed by atoms with Gasteiger partial charge in [-0.2, -0.15) is 0 Å². The van der Waals surface area contributed by atoms with Gasteiger partial charge >= 0.3 is 0 Å². The predicted molar refractivity (Wildman–Crippen MR) is 69.2 cm³/mol. The number of benzene rings is 1. The van der Waals surface area contributed by atoms with E-state index in [0.29, 0.717) is 6.10 Å². The van der Waals surface area contributed by atoms with Crippen molar-refractivity contribution in [3.05, 3.63) is 28.2 Å². The maximum absolute atomic E-state index is 10.9. The lowest BCUT2D eigenvalue weighted by Gasteiger charge is -2.10. The van der Waals surface area contributed by atoms with Crippen molar-refractivity contribution < 1.29 is 9.53 Å². The predicted octanol–water partition coefficient (Wildman–Crippen LogP) is 3.53. The second-order valence-corrected chi connectivity index (χ2v) is 5.72. The van der Waals surface area contributed by atoms with E-state index >= 15 is 0 Å². The summed E-state index contributed by atoms with van der Waals surface area (Å²) in [6.45, 7) is 0.879. The van der Waals surface area contributed by atoms with Crippen molar-refractivity contribution in [3.8, 4) is 0 Å². The van der Waals surface area contributed by atoms with Crippen molar-refractivity contribution in [1.82, 2.24) is 0 Å². The van der Waals surface area contributed by atoms with Gasteiger partial charge in [0.05, 0.1) is 6.10 Å². The number of hydrogen-bond donors (Lipinski definition) is 0. The summed E-state index contributed by atoms with van der Waals surface area (Å²) in [5.41, 5.74) is 0.756. The van der Waals surface area contributed by atoms with E-state index in [1.54, 1.807) is 11.8 Å². The molecule has 1 unspecified atom stereocenters. The third-order valence-corrected chi connectivity index (χ3v) is 4.25. The van der Waals surface area contributed by atoms with Gasteiger partial charge in [-0.25, -0.2) is 0 Å². The zero-order valence-electron chi connectivity index (χ0n) is 8.82. The highest BCUT2D eigenvalue weighted by atomic mass is 79.9. The number of halogens is 1. The molecule has 0 spiro atoms. The molecule has 0 radical (unpaired) electrons. The highest BCUT2D eigenvalue weighted by Crippen LogP contribution is 2.28. The highest BCUT2D eigenvalue weighted by Gasteiger charge is 2.16. The number of ether oxygens (including phenoxy) is 1. The molecule has 0 N–H and O–H groups in total. The van der Waals surface area contributed by atoms with Crippen molar-refractivity contribution >= 4 is 34.0 Å². The fourth-order valence-electron chi connectivity index (χ4n) is 1.69. The zero-order valence-corrected chi connectivity index (χ0v) is 11.2. The Balaban J connectivity index is 2.01. The average Bonchev–Trinajstić information content (AvgIpc) is 2.79. The lowest BCUT2D eigenvalue weighted by molar-refractivity contribution is 0.112. The second kappa shape index (κ2) is 5.84. The zero-order chi connectivity index (χ0) is 11.4. The van der Waals surface area contributed by atoms with Gasteiger partial charge in [0.15, 0.2) is 6.29 Å². The van der Waals surface area contributed by atoms with Crippen LogP contribution in [0.1, 0.15) is 23.2 Å². The summed E-state index contributed by atoms with van der Waals surface area (Å²) in [6.07, 6.45) is 3.55. The first-order valence-corrected chi connectivity index (χ1v) is 7.06. The van der Waals surface area contributed by atoms with Crippen molar-refractivity contribution in [3.63, 3.8) is 0 Å². The molecular weight excluding hydrogens is 288 g/mol. The highest BCUT2D eigenvalue weighted by molar-refractivity contribution is 9.10. The first-order valence-electron chi connectivity index (χ1n) is 5.29. The molecule has 1 atom stereocenters. The van der Waals surface area contributed by atoms with E-state index in [-0.39, 0.29) is 0 Å². The number of hydrogen-bond acceptors (Lipinski definition) is 3. The summed E-state index contributed by atoms with van der Waals surface area (Å²) in [7, 11) is 0. The molecule has 4 heteroatoms. The first-order chi connectivity index (χ1) is 7.79. The van der Waals surface area contributed by atoms with Crippen molar-refractivity contribution in [2.24, 2.45) is 0 Å². The molecule has 1 saturated heterocycles. The van der Waals surface area contributed by atoms with Gasteiger partial charge in [-0.3, -0.25) is 4.79 Å². The summed E-state index contributed by atoms with van der Waals surface area (Å²) in [6, 6.07) is 5.72. The Kier molecular flexibility index (Phi) is 4.44. The number of carbonyl (C=O) groups excluding carboxylic acids is 1. The SMILES string of the molecule is O=Cc1ccc(Br)cc1SCC1CCCO1. The fraction of sp³-hybridized carbons (Fsp3) is 0.417. The average molecular weight is 301 g/mol. The van der Waals surface area contributed by atoms with Gasteiger partial charge in [0.2, 0.25) is 0 Å². The third kappa shape index (κ3) is 3.09. The van der Waals surface area contributed by atoms with Crippen molar-refractivity contribution in [2.75, 3.05) is 12.4 Å². The molecule has 1 aliphatic rings. The van der Waals surface area contributed by atoms with Crippen LogP contribution in [0.2, 0.25) is 0 Å². The van der Waals surface area contributed by atoms with Crippen LogP contribution in [0.5, 0.6) is 0 Å². The van der Waals surface area contributed by atoms with E-state index in [0.717, 1.165) is 46.4 Å². The van der Waals surface area contributed by atoms with E-state index in [4.69, 9.17) is 4.74 Å². The van der Waals surface area contributed by atoms with Gasteiger partial charge < -0.3 is 4.74 Å². The fourth-order valence-corrected chi connectivity index (χ4v) is 3.32. The lowest BCUT2D eigenvalue weighted by atomic mass is 10.2. The molecule has 86 valence electrons. The Bertz CT molecular complexity index is 375. The van der Waals surface area contributed by atoms with Crippen LogP contribution in [0, 0.1) is 0 Å². The molecule has 0 amide bonds. The summed E-state index contributed by atoms with van der Waals surface area (Å²) in [4.78, 5) is 11.9. The van der Waals surface area contributed by atoms with Gasteiger partial charge in [0.25, 0.3) is 0 Å². The number of aldehydes is 1. The van der Waals surface area contributed by atoms with Crippen molar-refractivity contribution in [1.29, 1.82) is 0 Å². The quantitative estimate of drug-likeness (QED) is 0.628. The maximum Gasteiger partial charge on any atom is 0.151 e. The molecule has 1 heterocycles. The van der Waals surface area contributed by atoms with Crippen LogP contribution >= 0.6 is 27.7 Å². The maximum atomic E-state index is 10.9. The van der Waals surface area contributed by atoms with Crippen LogP contribution in [0.15, 0.2) is 27.6 Å². The molecule has 2 rings (SSSR count). The van der Waals surface area contributed by atoms with Gasteiger partial charge in [0.1, 0.15) is 0 Å². The van der Waals surface area contributed by atoms with Crippen LogP contribution in [0.25, 0.3) is 0 Å². The molecule has 1 aliphatic heterocycles. The Morgan fingerprint density at radius 2 is 2.44 bits per heavy atom. The normalized spacial score (nSPS) is 19.9. The molecule has 0 saturated carbocycles. The molecule has 0 bridgehead atoms. The lowest BCUT2D eigenvalue weighted by Crippen LogP contribution is -2.07. The van der Waals surface area contributed by atoms with Crippen LogP contribution in [-0.4, -0.2) is 24.7 Å². The van der Waals surface area contributed by atoms with E-state index in [9.17, 15) is 4.79 Å². The van der Waals surface area contributed by atoms with Gasteiger partial charge in [-0.05, 0) is 31.0 Å². The Morgan fingerprint density at radius 1 is 1.56 bits per heavy atom. The largest absolute Gasteiger partial charge is 0.377 e. The van der Waals surface area contributed by atoms with E-state index in [1.165, 1.54) is 0 Å². The third-order valence-electron chi connectivity index (χ3n) is 2.55. The number of carbonyl (C=O) groups is 1. The first kappa shape index (κ1) is 12.1. The summed E-state index contributed by atoms with van der Waals surface area (Å²) in [5.74, 6) is 0.928. The minimum atomic E-state index is 0.350. The standard InChI is InChI=1S/C12H13BrO2S/c13-10-4-3-9(7-14)12(6-10)16-8-11-2-1-5-15-11/h3-4,6-7,11H,1-2,5,8H2. The number of rotatable bonds is 4. The Morgan fingerprint density at radius 3 is 3.12 bits per heavy atom. The molecule has 16 heavy (non-hydrogen) atoms. The molecule has 0 aromatic heterocycles. The molecule has 0 aliphatic carbocycles. The van der Waals surface area contributed by atoms with Crippen LogP contribution in [0.4, 0.5) is 0 Å². The molecule has 2 nitrogen and oxygen atoms in total. The second-order valence-electron chi connectivity index (χ2n) is 3.75. The summed E-state index contributed by atoms with van der Waals surface area (Å²) >= 11 is 5.12. The van der Waals surface area contributed by atoms with Gasteiger partial charge in [-0.15, -0.1) is 11.8 Å². The van der Waals surface area contributed by atoms with Crippen molar-refractivity contribution in [2.45, 2.75) is 23.8 Å². The monoisotopic (exact) mass is 300 g/mol. The molecule has 1 aromatic carbocycles. The molecule has 1 fully saturated rings. The molecular formula is C12H13BrO2S. The van der Waals surface area contributed by atoms with E-state index in [2.05, 4.69) is 15.9 Å². The van der Waals surface area contributed by atoms with Crippen LogP contribution in [-0.2, 0) is 4.74 Å². The van der Waals surface area contributed by atoms with Gasteiger partial charge in [-0.1, -0.05) is 15.9 Å². The van der Waals surface area contributed by atoms with E-state index in [1.807, 2.05) is 18.2 Å². The van der Waals surface area contributed by atoms with Crippen LogP contribution < -0.4 is 0 Å². The summed E-state index contributed by atoms with van der Waals surface area (Å²) < 4.78 is 6.56. The Labute approximate surface area is 108 Å². The topological polar surface area (TPSA) is 26.3 Å². The summed E-state index contributed by atoms with van der Waals surface area (Å²) in [5, 5.41) is 0. The van der Waals surface area contributed by atoms with Gasteiger partial charge in [0, 0.05) is 27.3 Å². The van der Waals surface area contributed by atoms with E-state index < -0.39 is 0 Å². The van der Waals surface area contributed by atoms with Crippen LogP contribution in [0.3, 0.4) is 0 Å². The minimum absolute atomic E-state index is 0.350. The minimum Gasteiger partial charge on any atom is -0.377 e. The smallest absolute Gasteiger partial charge is 0.151 e. The Hall–Kier alpha value is -0.320. The molecule has 1 aromatic rings.